The first-order chi connectivity index (χ1) is 8.17. The maximum Gasteiger partial charge on any atom is 0.277 e. The number of benzene rings is 2. The lowest BCUT2D eigenvalue weighted by atomic mass is 10.0. The molecule has 17 heavy (non-hydrogen) atoms. The molecule has 0 saturated carbocycles. The van der Waals surface area contributed by atoms with Gasteiger partial charge in [0.1, 0.15) is 0 Å². The number of alkyl halides is 1. The van der Waals surface area contributed by atoms with Gasteiger partial charge in [-0.15, -0.1) is 0 Å². The van der Waals surface area contributed by atoms with Gasteiger partial charge >= 0.3 is 0 Å². The van der Waals surface area contributed by atoms with E-state index in [-0.39, 0.29) is 17.2 Å². The van der Waals surface area contributed by atoms with Crippen LogP contribution in [0.1, 0.15) is 11.1 Å². The first-order valence-electron chi connectivity index (χ1n) is 5.03. The van der Waals surface area contributed by atoms with Crippen LogP contribution in [-0.2, 0) is 11.9 Å². The van der Waals surface area contributed by atoms with E-state index in [1.165, 1.54) is 6.07 Å². The number of nitro benzene ring substituents is 1. The summed E-state index contributed by atoms with van der Waals surface area (Å²) >= 11 is 3.32. The smallest absolute Gasteiger partial charge is 0.277 e. The standard InChI is InChI=1S/C12H10BrNO3/c13-6-9-5-11-8(4-10(9)7-15)2-1-3-12(11)14(16)17/h1-5,15H,6-7H2. The molecule has 0 aliphatic heterocycles. The highest BCUT2D eigenvalue weighted by Gasteiger charge is 2.13. The molecular weight excluding hydrogens is 286 g/mol. The number of aliphatic hydroxyl groups excluding tert-OH is 1. The Labute approximate surface area is 106 Å². The molecule has 0 heterocycles. The molecule has 0 unspecified atom stereocenters. The SMILES string of the molecule is O=[N+]([O-])c1cccc2cc(CO)c(CBr)cc12. The minimum absolute atomic E-state index is 0.0699. The van der Waals surface area contributed by atoms with E-state index in [1.807, 2.05) is 0 Å². The Morgan fingerprint density at radius 2 is 2.06 bits per heavy atom. The number of halogens is 1. The van der Waals surface area contributed by atoms with Crippen molar-refractivity contribution < 1.29 is 10.0 Å². The molecule has 88 valence electrons. The highest BCUT2D eigenvalue weighted by atomic mass is 79.9. The van der Waals surface area contributed by atoms with Gasteiger partial charge in [0.15, 0.2) is 0 Å². The van der Waals surface area contributed by atoms with Crippen molar-refractivity contribution >= 4 is 32.4 Å². The maximum absolute atomic E-state index is 10.9. The molecule has 0 fully saturated rings. The van der Waals surface area contributed by atoms with Crippen molar-refractivity contribution in [3.8, 4) is 0 Å². The Morgan fingerprint density at radius 3 is 2.65 bits per heavy atom. The number of rotatable bonds is 3. The minimum atomic E-state index is -0.390. The summed E-state index contributed by atoms with van der Waals surface area (Å²) in [6.45, 7) is -0.0699. The highest BCUT2D eigenvalue weighted by molar-refractivity contribution is 9.08. The summed E-state index contributed by atoms with van der Waals surface area (Å²) in [7, 11) is 0. The molecule has 1 N–H and O–H groups in total. The molecule has 0 spiro atoms. The summed E-state index contributed by atoms with van der Waals surface area (Å²) < 4.78 is 0. The second kappa shape index (κ2) is 4.81. The maximum atomic E-state index is 10.9. The number of hydrogen-bond acceptors (Lipinski definition) is 3. The summed E-state index contributed by atoms with van der Waals surface area (Å²) in [4.78, 5) is 10.5. The number of aliphatic hydroxyl groups is 1. The number of nitro groups is 1. The number of hydrogen-bond donors (Lipinski definition) is 1. The molecule has 2 aromatic carbocycles. The average molecular weight is 296 g/mol. The van der Waals surface area contributed by atoms with Crippen molar-refractivity contribution in [3.05, 3.63) is 51.6 Å². The van der Waals surface area contributed by atoms with Crippen LogP contribution in [0.5, 0.6) is 0 Å². The van der Waals surface area contributed by atoms with Crippen LogP contribution in [0.3, 0.4) is 0 Å². The van der Waals surface area contributed by atoms with Crippen LogP contribution in [0, 0.1) is 10.1 Å². The Morgan fingerprint density at radius 1 is 1.29 bits per heavy atom. The fraction of sp³-hybridized carbons (Fsp3) is 0.167. The summed E-state index contributed by atoms with van der Waals surface area (Å²) in [6, 6.07) is 8.49. The fourth-order valence-electron chi connectivity index (χ4n) is 1.83. The van der Waals surface area contributed by atoms with E-state index >= 15 is 0 Å². The zero-order valence-electron chi connectivity index (χ0n) is 8.89. The molecule has 0 atom stereocenters. The Kier molecular flexibility index (Phi) is 3.40. The van der Waals surface area contributed by atoms with Gasteiger partial charge in [0.25, 0.3) is 5.69 Å². The molecule has 2 aromatic rings. The van der Waals surface area contributed by atoms with Gasteiger partial charge in [-0.25, -0.2) is 0 Å². The lowest BCUT2D eigenvalue weighted by Crippen LogP contribution is -1.94. The monoisotopic (exact) mass is 295 g/mol. The highest BCUT2D eigenvalue weighted by Crippen LogP contribution is 2.29. The molecule has 0 bridgehead atoms. The fourth-order valence-corrected chi connectivity index (χ4v) is 2.35. The predicted molar refractivity (Wildman–Crippen MR) is 69.2 cm³/mol. The van der Waals surface area contributed by atoms with E-state index in [9.17, 15) is 15.2 Å². The summed E-state index contributed by atoms with van der Waals surface area (Å²) in [5, 5.41) is 22.1. The lowest BCUT2D eigenvalue weighted by Gasteiger charge is -2.07. The van der Waals surface area contributed by atoms with Gasteiger partial charge in [-0.1, -0.05) is 28.1 Å². The first-order valence-corrected chi connectivity index (χ1v) is 6.15. The number of non-ortho nitro benzene ring substituents is 1. The molecule has 5 heteroatoms. The van der Waals surface area contributed by atoms with Crippen molar-refractivity contribution in [2.45, 2.75) is 11.9 Å². The Hall–Kier alpha value is -1.46. The molecular formula is C12H10BrNO3. The molecule has 0 aromatic heterocycles. The number of fused-ring (bicyclic) bond motifs is 1. The van der Waals surface area contributed by atoms with Crippen molar-refractivity contribution in [2.75, 3.05) is 0 Å². The van der Waals surface area contributed by atoms with Gasteiger partial charge in [-0.3, -0.25) is 10.1 Å². The van der Waals surface area contributed by atoms with Crippen molar-refractivity contribution in [1.29, 1.82) is 0 Å². The van der Waals surface area contributed by atoms with Gasteiger partial charge in [0, 0.05) is 11.4 Å². The van der Waals surface area contributed by atoms with Crippen LogP contribution in [0.15, 0.2) is 30.3 Å². The van der Waals surface area contributed by atoms with E-state index in [4.69, 9.17) is 0 Å². The zero-order valence-corrected chi connectivity index (χ0v) is 10.5. The number of nitrogens with zero attached hydrogens (tertiary/aromatic N) is 1. The van der Waals surface area contributed by atoms with Gasteiger partial charge in [0.05, 0.1) is 16.9 Å². The predicted octanol–water partition coefficient (Wildman–Crippen LogP) is 3.14. The third kappa shape index (κ3) is 2.16. The van der Waals surface area contributed by atoms with Gasteiger partial charge in [0.2, 0.25) is 0 Å². The molecule has 4 nitrogen and oxygen atoms in total. The van der Waals surface area contributed by atoms with E-state index in [1.54, 1.807) is 24.3 Å². The third-order valence-electron chi connectivity index (χ3n) is 2.69. The largest absolute Gasteiger partial charge is 0.392 e. The second-order valence-electron chi connectivity index (χ2n) is 3.67. The summed E-state index contributed by atoms with van der Waals surface area (Å²) in [5.41, 5.74) is 1.75. The van der Waals surface area contributed by atoms with Gasteiger partial charge in [-0.05, 0) is 28.6 Å². The summed E-state index contributed by atoms with van der Waals surface area (Å²) in [6.07, 6.45) is 0. The summed E-state index contributed by atoms with van der Waals surface area (Å²) in [5.74, 6) is 0. The van der Waals surface area contributed by atoms with E-state index in [0.717, 1.165) is 16.5 Å². The average Bonchev–Trinajstić information content (AvgIpc) is 2.35. The topological polar surface area (TPSA) is 63.4 Å². The van der Waals surface area contributed by atoms with E-state index in [0.29, 0.717) is 10.7 Å². The Balaban J connectivity index is 2.78. The molecule has 0 amide bonds. The van der Waals surface area contributed by atoms with Crippen molar-refractivity contribution in [2.24, 2.45) is 0 Å². The van der Waals surface area contributed by atoms with Gasteiger partial charge in [-0.2, -0.15) is 0 Å². The van der Waals surface area contributed by atoms with Gasteiger partial charge < -0.3 is 5.11 Å². The van der Waals surface area contributed by atoms with E-state index in [2.05, 4.69) is 15.9 Å². The normalized spacial score (nSPS) is 10.7. The second-order valence-corrected chi connectivity index (χ2v) is 4.23. The lowest BCUT2D eigenvalue weighted by molar-refractivity contribution is -0.383. The van der Waals surface area contributed by atoms with Crippen LogP contribution in [0.4, 0.5) is 5.69 Å². The molecule has 0 radical (unpaired) electrons. The molecule has 2 rings (SSSR count). The Bertz CT molecular complexity index is 583. The van der Waals surface area contributed by atoms with Crippen LogP contribution >= 0.6 is 15.9 Å². The van der Waals surface area contributed by atoms with Crippen LogP contribution in [0.25, 0.3) is 10.8 Å². The van der Waals surface area contributed by atoms with Crippen LogP contribution in [0.2, 0.25) is 0 Å². The molecule has 0 aliphatic carbocycles. The zero-order chi connectivity index (χ0) is 12.4. The third-order valence-corrected chi connectivity index (χ3v) is 3.29. The van der Waals surface area contributed by atoms with Crippen molar-refractivity contribution in [3.63, 3.8) is 0 Å². The van der Waals surface area contributed by atoms with Crippen LogP contribution < -0.4 is 0 Å². The molecule has 0 aliphatic rings. The first kappa shape index (κ1) is 12.0. The van der Waals surface area contributed by atoms with E-state index < -0.39 is 0 Å². The molecule has 0 saturated heterocycles. The van der Waals surface area contributed by atoms with Crippen LogP contribution in [-0.4, -0.2) is 10.0 Å². The minimum Gasteiger partial charge on any atom is -0.392 e. The van der Waals surface area contributed by atoms with Crippen molar-refractivity contribution in [1.82, 2.24) is 0 Å². The quantitative estimate of drug-likeness (QED) is 0.537.